The Morgan fingerprint density at radius 3 is 2.03 bits per heavy atom. The van der Waals surface area contributed by atoms with Crippen LogP contribution in [0.3, 0.4) is 0 Å². The molecule has 0 saturated carbocycles. The number of hydrogen-bond donors (Lipinski definition) is 0. The van der Waals surface area contributed by atoms with Gasteiger partial charge in [-0.15, -0.1) is 0 Å². The lowest BCUT2D eigenvalue weighted by Gasteiger charge is -2.34. The van der Waals surface area contributed by atoms with Gasteiger partial charge in [0, 0.05) is 18.9 Å². The van der Waals surface area contributed by atoms with Crippen LogP contribution in [0.25, 0.3) is 0 Å². The number of methoxy groups -OCH3 is 1. The summed E-state index contributed by atoms with van der Waals surface area (Å²) in [6, 6.07) is 0. The number of ketones is 1. The van der Waals surface area contributed by atoms with Gasteiger partial charge < -0.3 is 9.47 Å². The molecule has 33 heavy (non-hydrogen) atoms. The van der Waals surface area contributed by atoms with Gasteiger partial charge in [0.25, 0.3) is 0 Å². The number of hydrogen-bond acceptors (Lipinski definition) is 5. The number of carbonyl (C=O) groups excluding carboxylic acids is 3. The van der Waals surface area contributed by atoms with Gasteiger partial charge in [-0.2, -0.15) is 0 Å². The van der Waals surface area contributed by atoms with Crippen LogP contribution in [-0.4, -0.2) is 24.8 Å². The lowest BCUT2D eigenvalue weighted by Crippen LogP contribution is -2.41. The topological polar surface area (TPSA) is 69.7 Å². The van der Waals surface area contributed by atoms with Crippen molar-refractivity contribution >= 4 is 17.7 Å². The molecule has 0 aromatic heterocycles. The molecule has 1 aliphatic rings. The minimum atomic E-state index is -0.852. The first-order valence-electron chi connectivity index (χ1n) is 13.0. The van der Waals surface area contributed by atoms with Crippen molar-refractivity contribution < 1.29 is 23.9 Å². The average molecular weight is 463 g/mol. The highest BCUT2D eigenvalue weighted by Gasteiger charge is 2.45. The van der Waals surface area contributed by atoms with Gasteiger partial charge in [-0.05, 0) is 37.5 Å². The first-order valence-corrected chi connectivity index (χ1v) is 13.0. The molecule has 0 heterocycles. The molecule has 0 bridgehead atoms. The quantitative estimate of drug-likeness (QED) is 0.0986. The molecule has 0 aromatic rings. The maximum absolute atomic E-state index is 12.3. The smallest absolute Gasteiger partial charge is 0.317 e. The highest BCUT2D eigenvalue weighted by molar-refractivity contribution is 6.06. The predicted molar refractivity (Wildman–Crippen MR) is 133 cm³/mol. The van der Waals surface area contributed by atoms with E-state index in [1.807, 2.05) is 13.8 Å². The Bertz CT molecular complexity index is 659. The summed E-state index contributed by atoms with van der Waals surface area (Å²) in [6.07, 6.45) is 22.4. The van der Waals surface area contributed by atoms with E-state index in [4.69, 9.17) is 9.47 Å². The van der Waals surface area contributed by atoms with Gasteiger partial charge >= 0.3 is 11.9 Å². The third-order valence-corrected chi connectivity index (χ3v) is 6.32. The minimum Gasteiger partial charge on any atom is -0.468 e. The number of unbranched alkanes of at least 4 members (excludes halogenated alkanes) is 11. The highest BCUT2D eigenvalue weighted by atomic mass is 16.5. The summed E-state index contributed by atoms with van der Waals surface area (Å²) in [7, 11) is 1.28. The Labute approximate surface area is 201 Å². The highest BCUT2D eigenvalue weighted by Crippen LogP contribution is 2.39. The third-order valence-electron chi connectivity index (χ3n) is 6.32. The van der Waals surface area contributed by atoms with Gasteiger partial charge in [-0.3, -0.25) is 14.4 Å². The van der Waals surface area contributed by atoms with Gasteiger partial charge in [-0.1, -0.05) is 84.3 Å². The number of ether oxygens (including phenoxy) is 2. The van der Waals surface area contributed by atoms with Crippen LogP contribution >= 0.6 is 0 Å². The van der Waals surface area contributed by atoms with E-state index < -0.39 is 17.3 Å². The van der Waals surface area contributed by atoms with Crippen molar-refractivity contribution in [1.82, 2.24) is 0 Å². The van der Waals surface area contributed by atoms with Gasteiger partial charge in [0.15, 0.2) is 5.78 Å². The summed E-state index contributed by atoms with van der Waals surface area (Å²) in [6.45, 7) is 5.89. The second-order valence-corrected chi connectivity index (χ2v) is 9.94. The molecule has 5 nitrogen and oxygen atoms in total. The van der Waals surface area contributed by atoms with Crippen molar-refractivity contribution in [3.63, 3.8) is 0 Å². The number of rotatable bonds is 17. The lowest BCUT2D eigenvalue weighted by atomic mass is 9.70. The zero-order valence-electron chi connectivity index (χ0n) is 21.5. The van der Waals surface area contributed by atoms with Crippen molar-refractivity contribution in [2.24, 2.45) is 11.3 Å². The van der Waals surface area contributed by atoms with E-state index in [0.717, 1.165) is 25.7 Å². The van der Waals surface area contributed by atoms with Crippen molar-refractivity contribution in [2.75, 3.05) is 7.11 Å². The third kappa shape index (κ3) is 12.2. The Balaban J connectivity index is 2.10. The Morgan fingerprint density at radius 1 is 0.939 bits per heavy atom. The van der Waals surface area contributed by atoms with E-state index >= 15 is 0 Å². The fraction of sp³-hybridized carbons (Fsp3) is 0.750. The van der Waals surface area contributed by atoms with E-state index in [1.165, 1.54) is 71.0 Å². The van der Waals surface area contributed by atoms with Crippen LogP contribution in [0.2, 0.25) is 0 Å². The standard InChI is InChI=1S/C28H46O5/c1-5-6-7-8-9-10-11-12-13-14-15-16-17-18-19-20-25(30)33-23-21-24(29)26(27(31)32-4)28(2,3)22-23/h12-13,21,26H,5-11,14-20,22H2,1-4H3/b13-12-. The van der Waals surface area contributed by atoms with Crippen LogP contribution in [0.5, 0.6) is 0 Å². The normalized spacial score (nSPS) is 17.8. The van der Waals surface area contributed by atoms with Gasteiger partial charge in [0.05, 0.1) is 7.11 Å². The lowest BCUT2D eigenvalue weighted by molar-refractivity contribution is -0.154. The number of allylic oxidation sites excluding steroid dienone is 4. The maximum atomic E-state index is 12.3. The van der Waals surface area contributed by atoms with Crippen molar-refractivity contribution in [1.29, 1.82) is 0 Å². The van der Waals surface area contributed by atoms with Crippen molar-refractivity contribution in [3.8, 4) is 0 Å². The minimum absolute atomic E-state index is 0.306. The molecule has 5 heteroatoms. The van der Waals surface area contributed by atoms with E-state index in [2.05, 4.69) is 19.1 Å². The van der Waals surface area contributed by atoms with E-state index in [9.17, 15) is 14.4 Å². The van der Waals surface area contributed by atoms with E-state index in [-0.39, 0.29) is 11.8 Å². The molecular formula is C28H46O5. The molecule has 0 fully saturated rings. The fourth-order valence-electron chi connectivity index (χ4n) is 4.39. The van der Waals surface area contributed by atoms with E-state index in [1.54, 1.807) is 0 Å². The fourth-order valence-corrected chi connectivity index (χ4v) is 4.39. The zero-order valence-corrected chi connectivity index (χ0v) is 21.5. The summed E-state index contributed by atoms with van der Waals surface area (Å²) in [4.78, 5) is 36.4. The molecule has 1 aliphatic carbocycles. The molecular weight excluding hydrogens is 416 g/mol. The molecule has 0 spiro atoms. The zero-order chi connectivity index (χ0) is 24.5. The molecule has 0 aromatic carbocycles. The summed E-state index contributed by atoms with van der Waals surface area (Å²) in [5.74, 6) is -1.71. The van der Waals surface area contributed by atoms with Crippen LogP contribution in [0.4, 0.5) is 0 Å². The summed E-state index contributed by atoms with van der Waals surface area (Å²) < 4.78 is 10.2. The number of esters is 2. The van der Waals surface area contributed by atoms with Gasteiger partial charge in [0.2, 0.25) is 0 Å². The van der Waals surface area contributed by atoms with Gasteiger partial charge in [-0.25, -0.2) is 0 Å². The monoisotopic (exact) mass is 462 g/mol. The SMILES string of the molecule is CCCCCCCC/C=C\CCCCCCCC(=O)OC1=CC(=O)C(C(=O)OC)C(C)(C)C1. The van der Waals surface area contributed by atoms with Crippen LogP contribution in [0.1, 0.15) is 117 Å². The van der Waals surface area contributed by atoms with E-state index in [0.29, 0.717) is 18.6 Å². The van der Waals surface area contributed by atoms with Gasteiger partial charge in [0.1, 0.15) is 11.7 Å². The molecule has 1 unspecified atom stereocenters. The Hall–Kier alpha value is -1.91. The van der Waals surface area contributed by atoms with Crippen molar-refractivity contribution in [3.05, 3.63) is 24.0 Å². The second-order valence-electron chi connectivity index (χ2n) is 9.94. The molecule has 0 amide bonds. The Morgan fingerprint density at radius 2 is 1.48 bits per heavy atom. The van der Waals surface area contributed by atoms with Crippen LogP contribution < -0.4 is 0 Å². The molecule has 0 saturated heterocycles. The Kier molecular flexibility index (Phi) is 14.7. The number of carbonyl (C=O) groups is 3. The van der Waals surface area contributed by atoms with Crippen LogP contribution in [0, 0.1) is 11.3 Å². The molecule has 1 rings (SSSR count). The maximum Gasteiger partial charge on any atom is 0.317 e. The average Bonchev–Trinajstić information content (AvgIpc) is 2.75. The molecule has 0 aliphatic heterocycles. The largest absolute Gasteiger partial charge is 0.468 e. The van der Waals surface area contributed by atoms with Crippen LogP contribution in [0.15, 0.2) is 24.0 Å². The van der Waals surface area contributed by atoms with Crippen LogP contribution in [-0.2, 0) is 23.9 Å². The summed E-state index contributed by atoms with van der Waals surface area (Å²) in [5.41, 5.74) is -0.641. The summed E-state index contributed by atoms with van der Waals surface area (Å²) in [5, 5.41) is 0. The predicted octanol–water partition coefficient (Wildman–Crippen LogP) is 7.24. The summed E-state index contributed by atoms with van der Waals surface area (Å²) >= 11 is 0. The molecule has 0 radical (unpaired) electrons. The first-order chi connectivity index (χ1) is 15.8. The molecule has 0 N–H and O–H groups in total. The molecule has 188 valence electrons. The molecule has 1 atom stereocenters. The first kappa shape index (κ1) is 29.1. The van der Waals surface area contributed by atoms with Crippen molar-refractivity contribution in [2.45, 2.75) is 117 Å². The second kappa shape index (κ2) is 16.7.